The lowest BCUT2D eigenvalue weighted by Crippen LogP contribution is -2.15. The van der Waals surface area contributed by atoms with E-state index in [0.717, 1.165) is 19.4 Å². The quantitative estimate of drug-likeness (QED) is 0.559. The van der Waals surface area contributed by atoms with E-state index in [9.17, 15) is 8.42 Å². The van der Waals surface area contributed by atoms with Gasteiger partial charge in [-0.05, 0) is 31.6 Å². The predicted octanol–water partition coefficient (Wildman–Crippen LogP) is 1.40. The lowest BCUT2D eigenvalue weighted by molar-refractivity contribution is 0.0954. The maximum absolute atomic E-state index is 10.5. The van der Waals surface area contributed by atoms with E-state index in [1.165, 1.54) is 0 Å². The van der Waals surface area contributed by atoms with Crippen LogP contribution in [-0.4, -0.2) is 32.3 Å². The Labute approximate surface area is 90.7 Å². The van der Waals surface area contributed by atoms with Gasteiger partial charge in [-0.1, -0.05) is 6.92 Å². The third-order valence-corrected chi connectivity index (χ3v) is 2.97. The fourth-order valence-electron chi connectivity index (χ4n) is 1.83. The van der Waals surface area contributed by atoms with Crippen LogP contribution in [0, 0.1) is 5.92 Å². The van der Waals surface area contributed by atoms with Gasteiger partial charge in [0.15, 0.2) is 0 Å². The minimum absolute atomic E-state index is 0.350. The van der Waals surface area contributed by atoms with Crippen molar-refractivity contribution in [3.05, 3.63) is 0 Å². The van der Waals surface area contributed by atoms with Gasteiger partial charge in [0.05, 0.1) is 6.10 Å². The van der Waals surface area contributed by atoms with Crippen LogP contribution in [0.25, 0.3) is 0 Å². The summed E-state index contributed by atoms with van der Waals surface area (Å²) in [5.74, 6) is 0.350. The van der Waals surface area contributed by atoms with E-state index in [-0.39, 0.29) is 6.10 Å². The molecule has 1 N–H and O–H groups in total. The van der Waals surface area contributed by atoms with Crippen molar-refractivity contribution >= 4 is 10.4 Å². The summed E-state index contributed by atoms with van der Waals surface area (Å²) >= 11 is 0. The highest BCUT2D eigenvalue weighted by Crippen LogP contribution is 2.28. The molecule has 0 aromatic carbocycles. The summed E-state index contributed by atoms with van der Waals surface area (Å²) in [5, 5.41) is 0. The van der Waals surface area contributed by atoms with Gasteiger partial charge in [0.2, 0.25) is 0 Å². The number of hydrogen-bond acceptors (Lipinski definition) is 4. The van der Waals surface area contributed by atoms with Crippen LogP contribution in [0.3, 0.4) is 0 Å². The summed E-state index contributed by atoms with van der Waals surface area (Å²) in [6, 6.07) is 0. The van der Waals surface area contributed by atoms with Crippen LogP contribution in [-0.2, 0) is 19.3 Å². The molecule has 5 nitrogen and oxygen atoms in total. The molecule has 0 heterocycles. The zero-order valence-electron chi connectivity index (χ0n) is 8.89. The molecule has 1 aliphatic rings. The van der Waals surface area contributed by atoms with Gasteiger partial charge in [-0.25, -0.2) is 4.18 Å². The molecule has 0 spiro atoms. The van der Waals surface area contributed by atoms with E-state index in [4.69, 9.17) is 9.29 Å². The first-order valence-electron chi connectivity index (χ1n) is 5.24. The van der Waals surface area contributed by atoms with Gasteiger partial charge < -0.3 is 4.74 Å². The molecule has 15 heavy (non-hydrogen) atoms. The molecular formula is C9H18O5S. The van der Waals surface area contributed by atoms with E-state index >= 15 is 0 Å². The van der Waals surface area contributed by atoms with Gasteiger partial charge in [0.1, 0.15) is 0 Å². The zero-order chi connectivity index (χ0) is 11.3. The average molecular weight is 238 g/mol. The Morgan fingerprint density at radius 3 is 2.73 bits per heavy atom. The second kappa shape index (κ2) is 5.79. The molecule has 2 unspecified atom stereocenters. The number of hydrogen-bond donors (Lipinski definition) is 1. The summed E-state index contributed by atoms with van der Waals surface area (Å²) in [6.07, 6.45) is 2.81. The second-order valence-electron chi connectivity index (χ2n) is 3.90. The largest absolute Gasteiger partial charge is 0.397 e. The van der Waals surface area contributed by atoms with Crippen molar-refractivity contribution < 1.29 is 21.9 Å². The smallest absolute Gasteiger partial charge is 0.381 e. The predicted molar refractivity (Wildman–Crippen MR) is 54.9 cm³/mol. The summed E-state index contributed by atoms with van der Waals surface area (Å²) < 4.78 is 39.3. The van der Waals surface area contributed by atoms with Crippen LogP contribution in [0.15, 0.2) is 0 Å². The highest BCUT2D eigenvalue weighted by Gasteiger charge is 2.28. The van der Waals surface area contributed by atoms with E-state index in [1.54, 1.807) is 0 Å². The molecule has 0 saturated heterocycles. The van der Waals surface area contributed by atoms with Crippen LogP contribution in [0.2, 0.25) is 0 Å². The monoisotopic (exact) mass is 238 g/mol. The maximum atomic E-state index is 10.5. The number of rotatable bonds is 6. The summed E-state index contributed by atoms with van der Waals surface area (Å²) in [4.78, 5) is 0. The van der Waals surface area contributed by atoms with Crippen molar-refractivity contribution in [2.24, 2.45) is 5.92 Å². The Bertz CT molecular complexity index is 274. The van der Waals surface area contributed by atoms with Crippen molar-refractivity contribution in [3.63, 3.8) is 0 Å². The lowest BCUT2D eigenvalue weighted by Gasteiger charge is -2.10. The minimum Gasteiger partial charge on any atom is -0.381 e. The van der Waals surface area contributed by atoms with Crippen molar-refractivity contribution in [2.75, 3.05) is 13.2 Å². The first-order chi connectivity index (χ1) is 7.01. The molecule has 0 radical (unpaired) electrons. The van der Waals surface area contributed by atoms with Crippen LogP contribution < -0.4 is 0 Å². The molecule has 90 valence electrons. The Morgan fingerprint density at radius 1 is 1.40 bits per heavy atom. The topological polar surface area (TPSA) is 72.8 Å². The highest BCUT2D eigenvalue weighted by atomic mass is 32.3. The molecule has 1 saturated carbocycles. The summed E-state index contributed by atoms with van der Waals surface area (Å²) in [7, 11) is -4.30. The molecule has 1 aliphatic carbocycles. The number of ether oxygens (including phenoxy) is 1. The van der Waals surface area contributed by atoms with Crippen LogP contribution >= 0.6 is 0 Å². The standard InChI is InChI=1S/C9H18O5S/c1-2-5-13-7-8-3-4-9(6-8)14-15(10,11)12/h8-9H,2-7H2,1H3,(H,10,11,12). The molecule has 0 aromatic rings. The zero-order valence-corrected chi connectivity index (χ0v) is 9.70. The van der Waals surface area contributed by atoms with Crippen LogP contribution in [0.1, 0.15) is 32.6 Å². The SMILES string of the molecule is CCCOCC1CCC(OS(=O)(=O)O)C1. The highest BCUT2D eigenvalue weighted by molar-refractivity contribution is 7.80. The third kappa shape index (κ3) is 5.46. The van der Waals surface area contributed by atoms with Crippen molar-refractivity contribution in [3.8, 4) is 0 Å². The molecule has 0 bridgehead atoms. The normalized spacial score (nSPS) is 27.1. The first kappa shape index (κ1) is 12.9. The van der Waals surface area contributed by atoms with Gasteiger partial charge in [0, 0.05) is 13.2 Å². The van der Waals surface area contributed by atoms with Crippen LogP contribution in [0.4, 0.5) is 0 Å². The molecular weight excluding hydrogens is 220 g/mol. The first-order valence-corrected chi connectivity index (χ1v) is 6.61. The summed E-state index contributed by atoms with van der Waals surface area (Å²) in [5.41, 5.74) is 0. The molecule has 0 amide bonds. The van der Waals surface area contributed by atoms with E-state index < -0.39 is 10.4 Å². The maximum Gasteiger partial charge on any atom is 0.397 e. The average Bonchev–Trinajstić information content (AvgIpc) is 2.50. The molecule has 6 heteroatoms. The Balaban J connectivity index is 2.21. The Hall–Kier alpha value is -0.170. The fraction of sp³-hybridized carbons (Fsp3) is 1.00. The summed E-state index contributed by atoms with van der Waals surface area (Å²) in [6.45, 7) is 3.43. The molecule has 2 atom stereocenters. The molecule has 0 aromatic heterocycles. The fourth-order valence-corrected chi connectivity index (χ4v) is 2.35. The van der Waals surface area contributed by atoms with Crippen LogP contribution in [0.5, 0.6) is 0 Å². The van der Waals surface area contributed by atoms with E-state index in [2.05, 4.69) is 4.18 Å². The Kier molecular flexibility index (Phi) is 4.98. The molecule has 1 rings (SSSR count). The second-order valence-corrected chi connectivity index (χ2v) is 4.95. The van der Waals surface area contributed by atoms with Gasteiger partial charge in [-0.3, -0.25) is 4.55 Å². The van der Waals surface area contributed by atoms with Crippen molar-refractivity contribution in [1.82, 2.24) is 0 Å². The molecule has 0 aliphatic heterocycles. The minimum atomic E-state index is -4.30. The van der Waals surface area contributed by atoms with Gasteiger partial charge in [-0.15, -0.1) is 0 Å². The van der Waals surface area contributed by atoms with Gasteiger partial charge >= 0.3 is 10.4 Å². The molecule has 1 fully saturated rings. The van der Waals surface area contributed by atoms with Crippen molar-refractivity contribution in [1.29, 1.82) is 0 Å². The van der Waals surface area contributed by atoms with Gasteiger partial charge in [0.25, 0.3) is 0 Å². The lowest BCUT2D eigenvalue weighted by atomic mass is 10.1. The Morgan fingerprint density at radius 2 is 2.13 bits per heavy atom. The van der Waals surface area contributed by atoms with Crippen molar-refractivity contribution in [2.45, 2.75) is 38.7 Å². The van der Waals surface area contributed by atoms with E-state index in [0.29, 0.717) is 25.4 Å². The van der Waals surface area contributed by atoms with Gasteiger partial charge in [-0.2, -0.15) is 8.42 Å². The third-order valence-electron chi connectivity index (χ3n) is 2.45. The van der Waals surface area contributed by atoms with E-state index in [1.807, 2.05) is 6.92 Å².